The number of carboxylic acids is 2. The van der Waals surface area contributed by atoms with Crippen LogP contribution in [0.2, 0.25) is 0 Å². The molecule has 10 heteroatoms. The number of esters is 1. The Morgan fingerprint density at radius 1 is 1.29 bits per heavy atom. The molecule has 1 aromatic rings. The van der Waals surface area contributed by atoms with Crippen molar-refractivity contribution in [2.75, 3.05) is 7.11 Å². The van der Waals surface area contributed by atoms with Crippen LogP contribution in [0, 0.1) is 15.9 Å². The molecule has 21 heavy (non-hydrogen) atoms. The van der Waals surface area contributed by atoms with Crippen LogP contribution in [0.15, 0.2) is 12.1 Å². The molecule has 1 aromatic carbocycles. The van der Waals surface area contributed by atoms with E-state index < -0.39 is 51.4 Å². The first-order valence-corrected chi connectivity index (χ1v) is 5.22. The van der Waals surface area contributed by atoms with Crippen LogP contribution < -0.4 is 0 Å². The van der Waals surface area contributed by atoms with Gasteiger partial charge in [0, 0.05) is 0 Å². The average Bonchev–Trinajstić information content (AvgIpc) is 2.38. The van der Waals surface area contributed by atoms with E-state index in [1.165, 1.54) is 0 Å². The van der Waals surface area contributed by atoms with Crippen LogP contribution in [0.1, 0.15) is 21.8 Å². The van der Waals surface area contributed by atoms with Crippen LogP contribution in [0.4, 0.5) is 10.1 Å². The molecule has 0 saturated carbocycles. The maximum absolute atomic E-state index is 13.6. The Labute approximate surface area is 115 Å². The van der Waals surface area contributed by atoms with Crippen LogP contribution in [0.25, 0.3) is 0 Å². The quantitative estimate of drug-likeness (QED) is 0.351. The summed E-state index contributed by atoms with van der Waals surface area (Å²) >= 11 is 0. The topological polar surface area (TPSA) is 144 Å². The molecule has 0 atom stereocenters. The third kappa shape index (κ3) is 3.11. The van der Waals surface area contributed by atoms with E-state index in [1.54, 1.807) is 0 Å². The molecule has 0 bridgehead atoms. The number of halogens is 1. The van der Waals surface area contributed by atoms with Gasteiger partial charge in [-0.15, -0.1) is 0 Å². The number of carboxylic acid groups (broad SMARTS) is 2. The molecular formula is C11H8FNO8. The molecule has 0 aromatic heterocycles. The summed E-state index contributed by atoms with van der Waals surface area (Å²) in [4.78, 5) is 42.9. The average molecular weight is 301 g/mol. The minimum absolute atomic E-state index is 0.278. The highest BCUT2D eigenvalue weighted by molar-refractivity contribution is 6.01. The molecular weight excluding hydrogens is 293 g/mol. The second kappa shape index (κ2) is 5.94. The van der Waals surface area contributed by atoms with Gasteiger partial charge in [-0.1, -0.05) is 0 Å². The Bertz CT molecular complexity index is 627. The lowest BCUT2D eigenvalue weighted by Crippen LogP contribution is -2.23. The number of carbonyl (C=O) groups is 3. The third-order valence-corrected chi connectivity index (χ3v) is 2.52. The molecule has 0 heterocycles. The highest BCUT2D eigenvalue weighted by Gasteiger charge is 2.36. The first-order valence-electron chi connectivity index (χ1n) is 5.22. The number of ether oxygens (including phenoxy) is 1. The van der Waals surface area contributed by atoms with Crippen molar-refractivity contribution in [3.05, 3.63) is 39.2 Å². The van der Waals surface area contributed by atoms with Crippen molar-refractivity contribution in [3.8, 4) is 0 Å². The number of hydrogen-bond acceptors (Lipinski definition) is 6. The minimum atomic E-state index is -2.32. The SMILES string of the molecule is COC(=O)c1cc(C(C(=O)O)C(=O)O)c([N+](=O)[O-])cc1F. The zero-order valence-electron chi connectivity index (χ0n) is 10.4. The maximum Gasteiger partial charge on any atom is 0.340 e. The van der Waals surface area contributed by atoms with Gasteiger partial charge in [-0.05, 0) is 6.07 Å². The fourth-order valence-electron chi connectivity index (χ4n) is 1.61. The molecule has 9 nitrogen and oxygen atoms in total. The zero-order chi connectivity index (χ0) is 16.3. The van der Waals surface area contributed by atoms with Crippen LogP contribution in [-0.4, -0.2) is 40.2 Å². The van der Waals surface area contributed by atoms with Crippen LogP contribution in [0.5, 0.6) is 0 Å². The summed E-state index contributed by atoms with van der Waals surface area (Å²) in [5, 5.41) is 28.5. The zero-order valence-corrected chi connectivity index (χ0v) is 10.4. The number of methoxy groups -OCH3 is 1. The van der Waals surface area contributed by atoms with Crippen molar-refractivity contribution in [1.29, 1.82) is 0 Å². The Kier molecular flexibility index (Phi) is 4.53. The predicted octanol–water partition coefficient (Wildman–Crippen LogP) is 0.773. The van der Waals surface area contributed by atoms with Gasteiger partial charge in [0.25, 0.3) is 5.69 Å². The van der Waals surface area contributed by atoms with Gasteiger partial charge >= 0.3 is 17.9 Å². The van der Waals surface area contributed by atoms with Gasteiger partial charge in [0.1, 0.15) is 5.82 Å². The summed E-state index contributed by atoms with van der Waals surface area (Å²) in [6.45, 7) is 0. The normalized spacial score (nSPS) is 10.2. The van der Waals surface area contributed by atoms with E-state index in [-0.39, 0.29) is 6.07 Å². The lowest BCUT2D eigenvalue weighted by molar-refractivity contribution is -0.385. The number of nitro benzene ring substituents is 1. The number of rotatable bonds is 5. The van der Waals surface area contributed by atoms with Crippen LogP contribution in [0.3, 0.4) is 0 Å². The lowest BCUT2D eigenvalue weighted by Gasteiger charge is -2.10. The molecule has 1 rings (SSSR count). The van der Waals surface area contributed by atoms with E-state index in [1.807, 2.05) is 0 Å². The highest BCUT2D eigenvalue weighted by Crippen LogP contribution is 2.30. The van der Waals surface area contributed by atoms with E-state index in [4.69, 9.17) is 10.2 Å². The van der Waals surface area contributed by atoms with Crippen LogP contribution >= 0.6 is 0 Å². The van der Waals surface area contributed by atoms with Crippen molar-refractivity contribution in [2.24, 2.45) is 0 Å². The van der Waals surface area contributed by atoms with Gasteiger partial charge in [0.2, 0.25) is 0 Å². The van der Waals surface area contributed by atoms with E-state index in [0.717, 1.165) is 7.11 Å². The van der Waals surface area contributed by atoms with Crippen molar-refractivity contribution in [1.82, 2.24) is 0 Å². The fraction of sp³-hybridized carbons (Fsp3) is 0.182. The first-order chi connectivity index (χ1) is 9.70. The summed E-state index contributed by atoms with van der Waals surface area (Å²) in [6.07, 6.45) is 0. The number of benzene rings is 1. The number of carbonyl (C=O) groups excluding carboxylic acids is 1. The molecule has 0 spiro atoms. The molecule has 0 unspecified atom stereocenters. The van der Waals surface area contributed by atoms with Gasteiger partial charge in [-0.25, -0.2) is 9.18 Å². The number of nitrogens with zero attached hydrogens (tertiary/aromatic N) is 1. The third-order valence-electron chi connectivity index (χ3n) is 2.52. The molecule has 0 aliphatic rings. The predicted molar refractivity (Wildman–Crippen MR) is 62.4 cm³/mol. The van der Waals surface area contributed by atoms with Crippen molar-refractivity contribution in [3.63, 3.8) is 0 Å². The summed E-state index contributed by atoms with van der Waals surface area (Å²) in [6, 6.07) is 0.771. The summed E-state index contributed by atoms with van der Waals surface area (Å²) in [5.74, 6) is -8.67. The second-order valence-electron chi connectivity index (χ2n) is 3.75. The van der Waals surface area contributed by atoms with Crippen LogP contribution in [-0.2, 0) is 14.3 Å². The largest absolute Gasteiger partial charge is 0.480 e. The summed E-state index contributed by atoms with van der Waals surface area (Å²) in [7, 11) is 0.911. The molecule has 0 radical (unpaired) electrons. The van der Waals surface area contributed by atoms with E-state index in [2.05, 4.69) is 4.74 Å². The lowest BCUT2D eigenvalue weighted by atomic mass is 9.95. The molecule has 0 saturated heterocycles. The van der Waals surface area contributed by atoms with Gasteiger partial charge < -0.3 is 14.9 Å². The van der Waals surface area contributed by atoms with E-state index >= 15 is 0 Å². The van der Waals surface area contributed by atoms with Crippen molar-refractivity contribution < 1.29 is 38.6 Å². The highest BCUT2D eigenvalue weighted by atomic mass is 19.1. The second-order valence-corrected chi connectivity index (χ2v) is 3.75. The maximum atomic E-state index is 13.6. The standard InChI is InChI=1S/C11H8FNO8/c1-21-11(18)4-2-5(8(9(14)15)10(16)17)7(13(19)20)3-6(4)12/h2-3,8H,1H3,(H,14,15)(H,16,17). The summed E-state index contributed by atoms with van der Waals surface area (Å²) in [5.41, 5.74) is -2.69. The Morgan fingerprint density at radius 2 is 1.81 bits per heavy atom. The number of aliphatic carboxylic acids is 2. The fourth-order valence-corrected chi connectivity index (χ4v) is 1.61. The Morgan fingerprint density at radius 3 is 2.19 bits per heavy atom. The van der Waals surface area contributed by atoms with E-state index in [0.29, 0.717) is 6.07 Å². The first kappa shape index (κ1) is 16.0. The molecule has 0 aliphatic carbocycles. The Balaban J connectivity index is 3.67. The molecule has 0 fully saturated rings. The van der Waals surface area contributed by atoms with Gasteiger partial charge in [0.05, 0.1) is 29.2 Å². The smallest absolute Gasteiger partial charge is 0.340 e. The van der Waals surface area contributed by atoms with Crippen molar-refractivity contribution in [2.45, 2.75) is 5.92 Å². The van der Waals surface area contributed by atoms with Gasteiger partial charge in [-0.3, -0.25) is 19.7 Å². The summed E-state index contributed by atoms with van der Waals surface area (Å²) < 4.78 is 17.8. The van der Waals surface area contributed by atoms with Gasteiger partial charge in [-0.2, -0.15) is 0 Å². The molecule has 112 valence electrons. The minimum Gasteiger partial charge on any atom is -0.480 e. The Hall–Kier alpha value is -3.04. The van der Waals surface area contributed by atoms with Gasteiger partial charge in [0.15, 0.2) is 5.92 Å². The molecule has 2 N–H and O–H groups in total. The monoisotopic (exact) mass is 301 g/mol. The number of hydrogen-bond donors (Lipinski definition) is 2. The number of nitro groups is 1. The van der Waals surface area contributed by atoms with Crippen molar-refractivity contribution >= 4 is 23.6 Å². The molecule has 0 aliphatic heterocycles. The molecule has 0 amide bonds. The van der Waals surface area contributed by atoms with E-state index in [9.17, 15) is 28.9 Å².